The lowest BCUT2D eigenvalue weighted by Crippen LogP contribution is -2.50. The molecule has 4 atom stereocenters. The number of rotatable bonds is 4. The van der Waals surface area contributed by atoms with Crippen LogP contribution < -0.4 is 0 Å². The molecule has 22 heavy (non-hydrogen) atoms. The minimum Gasteiger partial charge on any atom is -0.469 e. The number of hydrogen-bond donors (Lipinski definition) is 0. The topological polar surface area (TPSA) is 29.5 Å². The van der Waals surface area contributed by atoms with Gasteiger partial charge in [-0.1, -0.05) is 18.2 Å². The molecule has 2 bridgehead atoms. The fourth-order valence-corrected chi connectivity index (χ4v) is 4.26. The molecule has 3 rings (SSSR count). The Kier molecular flexibility index (Phi) is 4.30. The highest BCUT2D eigenvalue weighted by atomic mass is 19.1. The third-order valence-electron chi connectivity index (χ3n) is 5.18. The van der Waals surface area contributed by atoms with Gasteiger partial charge in [-0.3, -0.25) is 9.69 Å². The maximum atomic E-state index is 13.2. The van der Waals surface area contributed by atoms with Crippen molar-refractivity contribution in [3.05, 3.63) is 48.3 Å². The minimum absolute atomic E-state index is 0.103. The van der Waals surface area contributed by atoms with E-state index < -0.39 is 0 Å². The molecule has 2 aliphatic heterocycles. The molecule has 2 fully saturated rings. The molecule has 0 unspecified atom stereocenters. The average Bonchev–Trinajstić information content (AvgIpc) is 2.80. The van der Waals surface area contributed by atoms with Crippen molar-refractivity contribution in [2.75, 3.05) is 13.7 Å². The van der Waals surface area contributed by atoms with Crippen molar-refractivity contribution < 1.29 is 13.9 Å². The van der Waals surface area contributed by atoms with E-state index in [1.807, 2.05) is 6.08 Å². The van der Waals surface area contributed by atoms with Crippen LogP contribution in [0.5, 0.6) is 0 Å². The van der Waals surface area contributed by atoms with Crippen molar-refractivity contribution in [3.63, 3.8) is 0 Å². The Labute approximate surface area is 130 Å². The lowest BCUT2D eigenvalue weighted by molar-refractivity contribution is -0.150. The second kappa shape index (κ2) is 6.21. The SMILES string of the molecule is C=CCN1[C@@H]2CC[C@H]1[C@H](C(=O)OC)[C@H](c1ccc(F)cc1)C2. The molecule has 2 aliphatic rings. The van der Waals surface area contributed by atoms with E-state index in [2.05, 4.69) is 11.5 Å². The van der Waals surface area contributed by atoms with Crippen LogP contribution in [0.2, 0.25) is 0 Å². The largest absolute Gasteiger partial charge is 0.469 e. The van der Waals surface area contributed by atoms with Gasteiger partial charge >= 0.3 is 5.97 Å². The van der Waals surface area contributed by atoms with E-state index in [-0.39, 0.29) is 29.7 Å². The van der Waals surface area contributed by atoms with Crippen molar-refractivity contribution >= 4 is 5.97 Å². The highest BCUT2D eigenvalue weighted by molar-refractivity contribution is 5.75. The number of halogens is 1. The molecule has 2 heterocycles. The number of methoxy groups -OCH3 is 1. The van der Waals surface area contributed by atoms with Crippen molar-refractivity contribution in [1.29, 1.82) is 0 Å². The van der Waals surface area contributed by atoms with Crippen molar-refractivity contribution in [1.82, 2.24) is 4.90 Å². The lowest BCUT2D eigenvalue weighted by Gasteiger charge is -2.43. The number of carbonyl (C=O) groups is 1. The second-order valence-corrected chi connectivity index (χ2v) is 6.23. The van der Waals surface area contributed by atoms with E-state index in [1.54, 1.807) is 12.1 Å². The number of nitrogens with zero attached hydrogens (tertiary/aromatic N) is 1. The van der Waals surface area contributed by atoms with Gasteiger partial charge in [0.05, 0.1) is 13.0 Å². The van der Waals surface area contributed by atoms with Crippen LogP contribution in [0.1, 0.15) is 30.7 Å². The van der Waals surface area contributed by atoms with Gasteiger partial charge in [0.15, 0.2) is 0 Å². The van der Waals surface area contributed by atoms with E-state index in [9.17, 15) is 9.18 Å². The molecule has 2 saturated heterocycles. The molecule has 1 aromatic carbocycles. The first-order valence-electron chi connectivity index (χ1n) is 7.85. The Hall–Kier alpha value is -1.68. The standard InChI is InChI=1S/C18H22FNO2/c1-3-10-20-14-8-9-16(20)17(18(21)22-2)15(11-14)12-4-6-13(19)7-5-12/h3-7,14-17H,1,8-11H2,2H3/t14-,15+,16+,17-/m1/s1. The highest BCUT2D eigenvalue weighted by Gasteiger charge is 2.50. The zero-order valence-corrected chi connectivity index (χ0v) is 12.9. The summed E-state index contributed by atoms with van der Waals surface area (Å²) in [6.07, 6.45) is 4.92. The molecule has 118 valence electrons. The summed E-state index contributed by atoms with van der Waals surface area (Å²) in [5, 5.41) is 0. The monoisotopic (exact) mass is 303 g/mol. The Morgan fingerprint density at radius 3 is 2.77 bits per heavy atom. The van der Waals surface area contributed by atoms with Crippen LogP contribution in [-0.2, 0) is 9.53 Å². The molecule has 0 spiro atoms. The van der Waals surface area contributed by atoms with E-state index >= 15 is 0 Å². The van der Waals surface area contributed by atoms with E-state index in [1.165, 1.54) is 19.2 Å². The molecule has 3 nitrogen and oxygen atoms in total. The van der Waals surface area contributed by atoms with Crippen molar-refractivity contribution in [2.45, 2.75) is 37.3 Å². The normalized spacial score (nSPS) is 31.0. The zero-order valence-electron chi connectivity index (χ0n) is 12.9. The molecule has 1 aromatic rings. The Bertz CT molecular complexity index is 557. The van der Waals surface area contributed by atoms with Crippen LogP contribution in [0.4, 0.5) is 4.39 Å². The molecule has 4 heteroatoms. The molecular weight excluding hydrogens is 281 g/mol. The molecule has 0 amide bonds. The van der Waals surface area contributed by atoms with Crippen LogP contribution >= 0.6 is 0 Å². The third kappa shape index (κ3) is 2.56. The summed E-state index contributed by atoms with van der Waals surface area (Å²) in [6, 6.07) is 7.22. The van der Waals surface area contributed by atoms with Gasteiger partial charge in [0, 0.05) is 24.5 Å². The summed E-state index contributed by atoms with van der Waals surface area (Å²) in [7, 11) is 1.45. The van der Waals surface area contributed by atoms with Crippen LogP contribution in [0.3, 0.4) is 0 Å². The molecule has 0 N–H and O–H groups in total. The quantitative estimate of drug-likeness (QED) is 0.632. The first-order valence-corrected chi connectivity index (χ1v) is 7.85. The van der Waals surface area contributed by atoms with Crippen molar-refractivity contribution in [2.24, 2.45) is 5.92 Å². The molecule has 0 radical (unpaired) electrons. The van der Waals surface area contributed by atoms with Gasteiger partial charge < -0.3 is 4.74 Å². The molecular formula is C18H22FNO2. The predicted molar refractivity (Wildman–Crippen MR) is 83.0 cm³/mol. The number of esters is 1. The van der Waals surface area contributed by atoms with Gasteiger partial charge in [0.25, 0.3) is 0 Å². The lowest BCUT2D eigenvalue weighted by atomic mass is 9.76. The fraction of sp³-hybridized carbons (Fsp3) is 0.500. The van der Waals surface area contributed by atoms with E-state index in [0.717, 1.165) is 31.4 Å². The summed E-state index contributed by atoms with van der Waals surface area (Å²) < 4.78 is 18.3. The first kappa shape index (κ1) is 15.2. The average molecular weight is 303 g/mol. The fourth-order valence-electron chi connectivity index (χ4n) is 4.26. The molecule has 0 aliphatic carbocycles. The number of fused-ring (bicyclic) bond motifs is 2. The van der Waals surface area contributed by atoms with E-state index in [4.69, 9.17) is 4.74 Å². The molecule has 0 aromatic heterocycles. The highest BCUT2D eigenvalue weighted by Crippen LogP contribution is 2.47. The van der Waals surface area contributed by atoms with Crippen LogP contribution in [0, 0.1) is 11.7 Å². The van der Waals surface area contributed by atoms with Gasteiger partial charge in [0.2, 0.25) is 0 Å². The van der Waals surface area contributed by atoms with Crippen LogP contribution in [0.25, 0.3) is 0 Å². The smallest absolute Gasteiger partial charge is 0.310 e. The maximum Gasteiger partial charge on any atom is 0.310 e. The number of benzene rings is 1. The number of hydrogen-bond acceptors (Lipinski definition) is 3. The minimum atomic E-state index is -0.245. The van der Waals surface area contributed by atoms with Gasteiger partial charge in [-0.15, -0.1) is 6.58 Å². The van der Waals surface area contributed by atoms with Gasteiger partial charge in [-0.05, 0) is 37.0 Å². The Morgan fingerprint density at radius 1 is 1.41 bits per heavy atom. The predicted octanol–water partition coefficient (Wildman–Crippen LogP) is 3.12. The van der Waals surface area contributed by atoms with Crippen LogP contribution in [-0.4, -0.2) is 36.6 Å². The zero-order chi connectivity index (χ0) is 15.7. The van der Waals surface area contributed by atoms with Crippen molar-refractivity contribution in [3.8, 4) is 0 Å². The number of carbonyl (C=O) groups excluding carboxylic acids is 1. The third-order valence-corrected chi connectivity index (χ3v) is 5.18. The van der Waals surface area contributed by atoms with Crippen LogP contribution in [0.15, 0.2) is 36.9 Å². The summed E-state index contributed by atoms with van der Waals surface area (Å²) in [5.74, 6) is -0.486. The molecule has 0 saturated carbocycles. The first-order chi connectivity index (χ1) is 10.7. The summed E-state index contributed by atoms with van der Waals surface area (Å²) in [4.78, 5) is 14.8. The Balaban J connectivity index is 1.94. The second-order valence-electron chi connectivity index (χ2n) is 6.23. The summed E-state index contributed by atoms with van der Waals surface area (Å²) >= 11 is 0. The van der Waals surface area contributed by atoms with Gasteiger partial charge in [0.1, 0.15) is 5.82 Å². The maximum absolute atomic E-state index is 13.2. The summed E-state index contributed by atoms with van der Waals surface area (Å²) in [5.41, 5.74) is 1.03. The van der Waals surface area contributed by atoms with E-state index in [0.29, 0.717) is 6.04 Å². The van der Waals surface area contributed by atoms with Gasteiger partial charge in [-0.25, -0.2) is 4.39 Å². The number of piperidine rings is 1. The number of ether oxygens (including phenoxy) is 1. The summed E-state index contributed by atoms with van der Waals surface area (Å²) in [6.45, 7) is 4.63. The van der Waals surface area contributed by atoms with Gasteiger partial charge in [-0.2, -0.15) is 0 Å². The Morgan fingerprint density at radius 2 is 2.14 bits per heavy atom.